The molecule has 0 radical (unpaired) electrons. The lowest BCUT2D eigenvalue weighted by atomic mass is 10.2. The van der Waals surface area contributed by atoms with Crippen LogP contribution in [0.5, 0.6) is 11.5 Å². The Morgan fingerprint density at radius 3 is 2.42 bits per heavy atom. The molecule has 5 nitrogen and oxygen atoms in total. The Morgan fingerprint density at radius 2 is 1.69 bits per heavy atom. The Kier molecular flexibility index (Phi) is 6.55. The van der Waals surface area contributed by atoms with Crippen LogP contribution < -0.4 is 14.8 Å². The third kappa shape index (κ3) is 5.52. The molecule has 0 saturated carbocycles. The maximum atomic E-state index is 11.5. The lowest BCUT2D eigenvalue weighted by molar-refractivity contribution is -0.119. The van der Waals surface area contributed by atoms with Crippen LogP contribution in [0.3, 0.4) is 0 Å². The monoisotopic (exact) mass is 371 g/mol. The van der Waals surface area contributed by atoms with Gasteiger partial charge in [-0.3, -0.25) is 14.9 Å². The molecule has 1 saturated heterocycles. The Hall–Kier alpha value is -2.47. The molecule has 2 aromatic carbocycles. The second-order valence-electron chi connectivity index (χ2n) is 5.98. The number of hydrogen-bond donors (Lipinski definition) is 1. The fourth-order valence-electron chi connectivity index (χ4n) is 2.60. The quantitative estimate of drug-likeness (QED) is 0.670. The summed E-state index contributed by atoms with van der Waals surface area (Å²) in [6.07, 6.45) is 2.35. The summed E-state index contributed by atoms with van der Waals surface area (Å²) >= 11 is 1.08. The van der Waals surface area contributed by atoms with Gasteiger partial charge in [-0.2, -0.15) is 0 Å². The molecule has 2 amide bonds. The molecule has 0 bridgehead atoms. The predicted octanol–water partition coefficient (Wildman–Crippen LogP) is 4.17. The summed E-state index contributed by atoms with van der Waals surface area (Å²) in [6.45, 7) is 1.08. The van der Waals surface area contributed by atoms with Gasteiger partial charge in [0.1, 0.15) is 18.1 Å². The Bertz CT molecular complexity index is 750. The minimum atomic E-state index is -0.253. The van der Waals surface area contributed by atoms with Crippen molar-refractivity contribution >= 4 is 22.9 Å². The van der Waals surface area contributed by atoms with Crippen LogP contribution in [0.15, 0.2) is 54.6 Å². The molecule has 1 atom stereocenters. The molecular formula is C20H21NO4S. The van der Waals surface area contributed by atoms with Gasteiger partial charge in [0.25, 0.3) is 5.24 Å². The molecule has 1 aliphatic rings. The molecule has 1 N–H and O–H groups in total. The van der Waals surface area contributed by atoms with Gasteiger partial charge in [-0.25, -0.2) is 0 Å². The van der Waals surface area contributed by atoms with Crippen molar-refractivity contribution in [3.8, 4) is 11.5 Å². The number of rotatable bonds is 9. The third-order valence-corrected chi connectivity index (χ3v) is 5.00. The maximum Gasteiger partial charge on any atom is 0.286 e. The normalized spacial score (nSPS) is 16.4. The van der Waals surface area contributed by atoms with Gasteiger partial charge in [0.2, 0.25) is 5.91 Å². The number of nitrogens with one attached hydrogen (secondary N) is 1. The average Bonchev–Trinajstić information content (AvgIpc) is 2.98. The molecule has 1 heterocycles. The van der Waals surface area contributed by atoms with Crippen molar-refractivity contribution in [3.05, 3.63) is 60.2 Å². The van der Waals surface area contributed by atoms with E-state index in [1.54, 1.807) is 0 Å². The number of unbranched alkanes of at least 4 members (excludes halogenated alkanes) is 1. The minimum Gasteiger partial charge on any atom is -0.493 e. The highest BCUT2D eigenvalue weighted by molar-refractivity contribution is 8.15. The van der Waals surface area contributed by atoms with E-state index in [1.165, 1.54) is 0 Å². The van der Waals surface area contributed by atoms with Crippen LogP contribution >= 0.6 is 11.8 Å². The van der Waals surface area contributed by atoms with Crippen molar-refractivity contribution < 1.29 is 19.1 Å². The van der Waals surface area contributed by atoms with Crippen LogP contribution in [0.4, 0.5) is 4.79 Å². The van der Waals surface area contributed by atoms with Crippen LogP contribution in [0.1, 0.15) is 24.8 Å². The van der Waals surface area contributed by atoms with E-state index in [0.29, 0.717) is 19.6 Å². The minimum absolute atomic E-state index is 0.177. The van der Waals surface area contributed by atoms with Crippen molar-refractivity contribution in [1.82, 2.24) is 5.32 Å². The number of amides is 2. The van der Waals surface area contributed by atoms with E-state index in [-0.39, 0.29) is 16.4 Å². The second kappa shape index (κ2) is 9.29. The summed E-state index contributed by atoms with van der Waals surface area (Å²) in [7, 11) is 0. The number of ether oxygens (including phenoxy) is 2. The second-order valence-corrected chi connectivity index (χ2v) is 7.15. The molecular weight excluding hydrogens is 350 g/mol. The largest absolute Gasteiger partial charge is 0.493 e. The number of thioether (sulfide) groups is 1. The molecule has 26 heavy (non-hydrogen) atoms. The molecule has 1 fully saturated rings. The highest BCUT2D eigenvalue weighted by Crippen LogP contribution is 2.24. The molecule has 6 heteroatoms. The fourth-order valence-corrected chi connectivity index (χ4v) is 3.47. The first-order valence-corrected chi connectivity index (χ1v) is 9.50. The fraction of sp³-hybridized carbons (Fsp3) is 0.300. The van der Waals surface area contributed by atoms with Gasteiger partial charge < -0.3 is 9.47 Å². The van der Waals surface area contributed by atoms with Gasteiger partial charge in [0.15, 0.2) is 0 Å². The van der Waals surface area contributed by atoms with Crippen LogP contribution in [-0.2, 0) is 11.4 Å². The van der Waals surface area contributed by atoms with E-state index in [9.17, 15) is 9.59 Å². The Labute approximate surface area is 157 Å². The molecule has 0 spiro atoms. The molecule has 0 aromatic heterocycles. The zero-order valence-corrected chi connectivity index (χ0v) is 15.2. The van der Waals surface area contributed by atoms with Gasteiger partial charge in [0, 0.05) is 6.07 Å². The summed E-state index contributed by atoms with van der Waals surface area (Å²) in [6, 6.07) is 17.6. The van der Waals surface area contributed by atoms with E-state index in [0.717, 1.165) is 41.7 Å². The molecule has 2 aromatic rings. The molecule has 0 aliphatic carbocycles. The van der Waals surface area contributed by atoms with Crippen LogP contribution in [0, 0.1) is 0 Å². The van der Waals surface area contributed by atoms with Gasteiger partial charge in [-0.1, -0.05) is 48.2 Å². The molecule has 3 rings (SSSR count). The lowest BCUT2D eigenvalue weighted by Crippen LogP contribution is -2.24. The highest BCUT2D eigenvalue weighted by Gasteiger charge is 2.30. The van der Waals surface area contributed by atoms with Gasteiger partial charge in [-0.15, -0.1) is 0 Å². The zero-order chi connectivity index (χ0) is 18.2. The van der Waals surface area contributed by atoms with E-state index >= 15 is 0 Å². The number of benzene rings is 2. The number of carbonyl (C=O) groups excluding carboxylic acids is 2. The van der Waals surface area contributed by atoms with Crippen LogP contribution in [0.25, 0.3) is 0 Å². The average molecular weight is 371 g/mol. The first-order valence-electron chi connectivity index (χ1n) is 8.62. The molecule has 1 aliphatic heterocycles. The third-order valence-electron chi connectivity index (χ3n) is 3.95. The lowest BCUT2D eigenvalue weighted by Gasteiger charge is -2.10. The predicted molar refractivity (Wildman–Crippen MR) is 101 cm³/mol. The summed E-state index contributed by atoms with van der Waals surface area (Å²) in [5.74, 6) is 1.35. The van der Waals surface area contributed by atoms with E-state index < -0.39 is 0 Å². The van der Waals surface area contributed by atoms with Crippen LogP contribution in [0.2, 0.25) is 0 Å². The summed E-state index contributed by atoms with van der Waals surface area (Å²) in [5.41, 5.74) is 1.12. The van der Waals surface area contributed by atoms with Gasteiger partial charge in [0.05, 0.1) is 11.9 Å². The first-order chi connectivity index (χ1) is 12.7. The summed E-state index contributed by atoms with van der Waals surface area (Å²) in [5, 5.41) is 1.80. The number of carbonyl (C=O) groups is 2. The summed E-state index contributed by atoms with van der Waals surface area (Å²) < 4.78 is 11.5. The Morgan fingerprint density at radius 1 is 0.923 bits per heavy atom. The smallest absolute Gasteiger partial charge is 0.286 e. The summed E-state index contributed by atoms with van der Waals surface area (Å²) in [4.78, 5) is 22.6. The number of imide groups is 1. The van der Waals surface area contributed by atoms with Crippen molar-refractivity contribution in [3.63, 3.8) is 0 Å². The van der Waals surface area contributed by atoms with Crippen molar-refractivity contribution in [2.24, 2.45) is 0 Å². The van der Waals surface area contributed by atoms with E-state index in [4.69, 9.17) is 9.47 Å². The zero-order valence-electron chi connectivity index (χ0n) is 14.4. The van der Waals surface area contributed by atoms with Gasteiger partial charge in [-0.05, 0) is 37.0 Å². The number of hydrogen-bond acceptors (Lipinski definition) is 5. The van der Waals surface area contributed by atoms with Crippen molar-refractivity contribution in [1.29, 1.82) is 0 Å². The molecule has 1 unspecified atom stereocenters. The highest BCUT2D eigenvalue weighted by atomic mass is 32.2. The van der Waals surface area contributed by atoms with Crippen molar-refractivity contribution in [2.45, 2.75) is 31.1 Å². The van der Waals surface area contributed by atoms with E-state index in [1.807, 2.05) is 54.6 Å². The SMILES string of the molecule is O=C1NC(=O)C(CCCCOc2cccc(OCc3ccccc3)c2)S1. The van der Waals surface area contributed by atoms with Crippen LogP contribution in [-0.4, -0.2) is 23.0 Å². The Balaban J connectivity index is 1.37. The maximum absolute atomic E-state index is 11.5. The topological polar surface area (TPSA) is 64.6 Å². The first kappa shape index (κ1) is 18.3. The van der Waals surface area contributed by atoms with Gasteiger partial charge >= 0.3 is 0 Å². The van der Waals surface area contributed by atoms with E-state index in [2.05, 4.69) is 5.32 Å². The van der Waals surface area contributed by atoms with Crippen molar-refractivity contribution in [2.75, 3.05) is 6.61 Å². The standard InChI is InChI=1S/C20H21NO4S/c22-19-18(26-20(23)21-19)11-4-5-12-24-16-9-6-10-17(13-16)25-14-15-7-2-1-3-8-15/h1-3,6-10,13,18H,4-5,11-12,14H2,(H,21,22,23). The molecule has 136 valence electrons.